The van der Waals surface area contributed by atoms with Crippen LogP contribution in [-0.2, 0) is 0 Å². The van der Waals surface area contributed by atoms with Crippen LogP contribution in [0.25, 0.3) is 16.9 Å². The molecule has 108 valence electrons. The van der Waals surface area contributed by atoms with Gasteiger partial charge in [-0.2, -0.15) is 5.10 Å². The van der Waals surface area contributed by atoms with E-state index in [2.05, 4.69) is 23.9 Å². The molecule has 0 aliphatic heterocycles. The van der Waals surface area contributed by atoms with Crippen LogP contribution < -0.4 is 5.73 Å². The Hall–Kier alpha value is -2.56. The van der Waals surface area contributed by atoms with E-state index in [-0.39, 0.29) is 6.04 Å². The molecule has 2 aromatic heterocycles. The Morgan fingerprint density at radius 1 is 1.14 bits per heavy atom. The monoisotopic (exact) mass is 281 g/mol. The summed E-state index contributed by atoms with van der Waals surface area (Å²) in [4.78, 5) is 4.59. The predicted molar refractivity (Wildman–Crippen MR) is 84.3 cm³/mol. The van der Waals surface area contributed by atoms with Crippen LogP contribution in [0, 0.1) is 6.92 Å². The average molecular weight is 281 g/mol. The van der Waals surface area contributed by atoms with E-state index in [1.807, 2.05) is 52.7 Å². The summed E-state index contributed by atoms with van der Waals surface area (Å²) in [5.41, 5.74) is 8.99. The third-order valence-electron chi connectivity index (χ3n) is 3.52. The molecule has 3 rings (SSSR count). The minimum absolute atomic E-state index is 0.287. The number of benzene rings is 1. The number of hydrogen-bond acceptors (Lipinski definition) is 3. The third kappa shape index (κ3) is 2.31. The van der Waals surface area contributed by atoms with E-state index in [4.69, 9.17) is 5.73 Å². The van der Waals surface area contributed by atoms with Gasteiger partial charge < -0.3 is 10.3 Å². The zero-order chi connectivity index (χ0) is 15.0. The molecule has 0 saturated heterocycles. The van der Waals surface area contributed by atoms with Crippen LogP contribution in [0.4, 0.5) is 5.82 Å². The largest absolute Gasteiger partial charge is 0.383 e. The summed E-state index contributed by atoms with van der Waals surface area (Å²) in [7, 11) is 0. The molecular formula is C16H19N5. The first kappa shape index (κ1) is 13.4. The molecule has 2 heterocycles. The van der Waals surface area contributed by atoms with Crippen LogP contribution in [-0.4, -0.2) is 19.3 Å². The van der Waals surface area contributed by atoms with Gasteiger partial charge in [-0.15, -0.1) is 0 Å². The summed E-state index contributed by atoms with van der Waals surface area (Å²) in [6.07, 6.45) is 3.76. The molecular weight excluding hydrogens is 262 g/mol. The van der Waals surface area contributed by atoms with Crippen LogP contribution in [0.5, 0.6) is 0 Å². The topological polar surface area (TPSA) is 61.7 Å². The van der Waals surface area contributed by atoms with Gasteiger partial charge in [0, 0.05) is 17.8 Å². The summed E-state index contributed by atoms with van der Waals surface area (Å²) < 4.78 is 3.87. The summed E-state index contributed by atoms with van der Waals surface area (Å²) in [5.74, 6) is 1.61. The highest BCUT2D eigenvalue weighted by atomic mass is 15.3. The number of para-hydroxylation sites is 1. The molecule has 2 N–H and O–H groups in total. The SMILES string of the molecule is Cc1nc(-c2cnn(-c3ccccc3)c2)c(N)n1C(C)C. The quantitative estimate of drug-likeness (QED) is 0.802. The van der Waals surface area contributed by atoms with Gasteiger partial charge in [-0.1, -0.05) is 18.2 Å². The number of anilines is 1. The highest BCUT2D eigenvalue weighted by Crippen LogP contribution is 2.28. The van der Waals surface area contributed by atoms with E-state index in [0.717, 1.165) is 22.8 Å². The van der Waals surface area contributed by atoms with Crippen molar-refractivity contribution in [2.24, 2.45) is 0 Å². The molecule has 1 aromatic carbocycles. The highest BCUT2D eigenvalue weighted by Gasteiger charge is 2.16. The maximum absolute atomic E-state index is 6.25. The van der Waals surface area contributed by atoms with Crippen LogP contribution in [0.2, 0.25) is 0 Å². The number of nitrogen functional groups attached to an aromatic ring is 1. The molecule has 3 aromatic rings. The van der Waals surface area contributed by atoms with E-state index in [9.17, 15) is 0 Å². The van der Waals surface area contributed by atoms with E-state index >= 15 is 0 Å². The fourth-order valence-corrected chi connectivity index (χ4v) is 2.59. The van der Waals surface area contributed by atoms with Crippen LogP contribution in [0.3, 0.4) is 0 Å². The van der Waals surface area contributed by atoms with Gasteiger partial charge in [-0.25, -0.2) is 9.67 Å². The third-order valence-corrected chi connectivity index (χ3v) is 3.52. The van der Waals surface area contributed by atoms with Crippen molar-refractivity contribution in [1.29, 1.82) is 0 Å². The predicted octanol–water partition coefficient (Wildman–Crippen LogP) is 3.21. The lowest BCUT2D eigenvalue weighted by molar-refractivity contribution is 0.590. The van der Waals surface area contributed by atoms with Crippen molar-refractivity contribution in [3.63, 3.8) is 0 Å². The Morgan fingerprint density at radius 3 is 2.48 bits per heavy atom. The van der Waals surface area contributed by atoms with E-state index in [1.54, 1.807) is 6.20 Å². The highest BCUT2D eigenvalue weighted by molar-refractivity contribution is 5.70. The minimum atomic E-state index is 0.287. The molecule has 0 amide bonds. The molecule has 0 unspecified atom stereocenters. The molecule has 0 spiro atoms. The number of aryl methyl sites for hydroxylation is 1. The maximum atomic E-state index is 6.25. The van der Waals surface area contributed by atoms with Gasteiger partial charge in [0.15, 0.2) is 0 Å². The number of imidazole rings is 1. The van der Waals surface area contributed by atoms with Gasteiger partial charge in [0.1, 0.15) is 17.3 Å². The van der Waals surface area contributed by atoms with E-state index < -0.39 is 0 Å². The zero-order valence-corrected chi connectivity index (χ0v) is 12.5. The van der Waals surface area contributed by atoms with Gasteiger partial charge in [-0.3, -0.25) is 0 Å². The minimum Gasteiger partial charge on any atom is -0.383 e. The first-order valence-corrected chi connectivity index (χ1v) is 7.02. The molecule has 5 nitrogen and oxygen atoms in total. The van der Waals surface area contributed by atoms with Crippen molar-refractivity contribution in [1.82, 2.24) is 19.3 Å². The number of hydrogen-bond donors (Lipinski definition) is 1. The fraction of sp³-hybridized carbons (Fsp3) is 0.250. The summed E-state index contributed by atoms with van der Waals surface area (Å²) >= 11 is 0. The molecule has 0 fully saturated rings. The molecule has 21 heavy (non-hydrogen) atoms. The molecule has 0 bridgehead atoms. The molecule has 0 radical (unpaired) electrons. The Labute approximate surface area is 124 Å². The molecule has 0 aliphatic rings. The zero-order valence-electron chi connectivity index (χ0n) is 12.5. The van der Waals surface area contributed by atoms with E-state index in [0.29, 0.717) is 5.82 Å². The van der Waals surface area contributed by atoms with E-state index in [1.165, 1.54) is 0 Å². The number of rotatable bonds is 3. The van der Waals surface area contributed by atoms with Crippen LogP contribution in [0.15, 0.2) is 42.7 Å². The Bertz CT molecular complexity index is 752. The van der Waals surface area contributed by atoms with Crippen molar-refractivity contribution < 1.29 is 0 Å². The first-order valence-electron chi connectivity index (χ1n) is 7.02. The number of nitrogens with two attached hydrogens (primary N) is 1. The molecule has 0 aliphatic carbocycles. The molecule has 0 atom stereocenters. The van der Waals surface area contributed by atoms with Gasteiger partial charge in [0.2, 0.25) is 0 Å². The first-order chi connectivity index (χ1) is 10.1. The summed E-state index contributed by atoms with van der Waals surface area (Å²) in [6.45, 7) is 6.17. The second-order valence-corrected chi connectivity index (χ2v) is 5.37. The average Bonchev–Trinajstić information content (AvgIpc) is 3.04. The molecule has 5 heteroatoms. The van der Waals surface area contributed by atoms with Gasteiger partial charge in [0.05, 0.1) is 11.9 Å². The normalized spacial score (nSPS) is 11.2. The summed E-state index contributed by atoms with van der Waals surface area (Å²) in [5, 5.41) is 4.40. The lowest BCUT2D eigenvalue weighted by Gasteiger charge is -2.11. The second kappa shape index (κ2) is 5.09. The van der Waals surface area contributed by atoms with Gasteiger partial charge in [-0.05, 0) is 32.9 Å². The lowest BCUT2D eigenvalue weighted by Crippen LogP contribution is -2.07. The van der Waals surface area contributed by atoms with Crippen molar-refractivity contribution in [2.45, 2.75) is 26.8 Å². The lowest BCUT2D eigenvalue weighted by atomic mass is 10.2. The number of aromatic nitrogens is 4. The molecule has 0 saturated carbocycles. The fourth-order valence-electron chi connectivity index (χ4n) is 2.59. The van der Waals surface area contributed by atoms with Crippen molar-refractivity contribution in [2.75, 3.05) is 5.73 Å². The van der Waals surface area contributed by atoms with Crippen molar-refractivity contribution >= 4 is 5.82 Å². The van der Waals surface area contributed by atoms with Gasteiger partial charge in [0.25, 0.3) is 0 Å². The summed E-state index contributed by atoms with van der Waals surface area (Å²) in [6, 6.07) is 10.3. The van der Waals surface area contributed by atoms with Crippen molar-refractivity contribution in [3.8, 4) is 16.9 Å². The Morgan fingerprint density at radius 2 is 1.86 bits per heavy atom. The van der Waals surface area contributed by atoms with Crippen molar-refractivity contribution in [3.05, 3.63) is 48.5 Å². The number of nitrogens with zero attached hydrogens (tertiary/aromatic N) is 4. The Kier molecular flexibility index (Phi) is 3.25. The van der Waals surface area contributed by atoms with Gasteiger partial charge >= 0.3 is 0 Å². The van der Waals surface area contributed by atoms with Crippen LogP contribution in [0.1, 0.15) is 25.7 Å². The Balaban J connectivity index is 2.03. The second-order valence-electron chi connectivity index (χ2n) is 5.37. The van der Waals surface area contributed by atoms with Crippen LogP contribution >= 0.6 is 0 Å². The maximum Gasteiger partial charge on any atom is 0.132 e. The smallest absolute Gasteiger partial charge is 0.132 e. The standard InChI is InChI=1S/C16H19N5/c1-11(2)21-12(3)19-15(16(21)17)13-9-18-20(10-13)14-7-5-4-6-8-14/h4-11H,17H2,1-3H3.